The zero-order valence-corrected chi connectivity index (χ0v) is 17.8. The Hall–Kier alpha value is -3.55. The Morgan fingerprint density at radius 1 is 1.17 bits per heavy atom. The maximum Gasteiger partial charge on any atom is 0.356 e. The molecule has 0 spiro atoms. The lowest BCUT2D eigenvalue weighted by molar-refractivity contribution is 0.0591. The number of amides is 1. The third-order valence-electron chi connectivity index (χ3n) is 4.71. The van der Waals surface area contributed by atoms with Crippen LogP contribution in [0.25, 0.3) is 11.0 Å². The largest absolute Gasteiger partial charge is 0.497 e. The van der Waals surface area contributed by atoms with Crippen molar-refractivity contribution < 1.29 is 19.1 Å². The molecule has 0 aliphatic heterocycles. The average Bonchev–Trinajstić information content (AvgIpc) is 3.02. The number of esters is 1. The van der Waals surface area contributed by atoms with E-state index in [-0.39, 0.29) is 11.6 Å². The lowest BCUT2D eigenvalue weighted by Gasteiger charge is -2.10. The van der Waals surface area contributed by atoms with Crippen LogP contribution in [0.3, 0.4) is 0 Å². The molecule has 0 aliphatic rings. The Bertz CT molecular complexity index is 1070. The number of pyridine rings is 1. The summed E-state index contributed by atoms with van der Waals surface area (Å²) in [6.45, 7) is 4.99. The molecule has 1 amide bonds. The third-order valence-corrected chi connectivity index (χ3v) is 4.71. The quantitative estimate of drug-likeness (QED) is 0.577. The van der Waals surface area contributed by atoms with E-state index in [1.165, 1.54) is 7.11 Å². The number of ether oxygens (including phenoxy) is 2. The number of nitrogens with zero attached hydrogens (tertiary/aromatic N) is 2. The van der Waals surface area contributed by atoms with Gasteiger partial charge in [0.05, 0.1) is 31.8 Å². The molecule has 0 saturated heterocycles. The molecule has 8 nitrogen and oxygen atoms in total. The minimum atomic E-state index is -0.558. The Balaban J connectivity index is 2.05. The number of anilines is 2. The van der Waals surface area contributed by atoms with Gasteiger partial charge in [0.15, 0.2) is 5.69 Å². The van der Waals surface area contributed by atoms with Gasteiger partial charge in [0.1, 0.15) is 11.4 Å². The van der Waals surface area contributed by atoms with Crippen molar-refractivity contribution in [2.75, 3.05) is 31.4 Å². The number of rotatable bonds is 7. The third kappa shape index (κ3) is 4.22. The molecule has 0 fully saturated rings. The van der Waals surface area contributed by atoms with Crippen molar-refractivity contribution in [2.45, 2.75) is 13.8 Å². The molecule has 2 aromatic heterocycles. The average molecular weight is 410 g/mol. The second-order valence-corrected chi connectivity index (χ2v) is 7.33. The van der Waals surface area contributed by atoms with Crippen LogP contribution in [-0.2, 0) is 11.8 Å². The number of carbonyl (C=O) groups excluding carboxylic acids is 2. The highest BCUT2D eigenvalue weighted by molar-refractivity contribution is 6.14. The van der Waals surface area contributed by atoms with Gasteiger partial charge >= 0.3 is 5.97 Å². The van der Waals surface area contributed by atoms with E-state index < -0.39 is 5.97 Å². The van der Waals surface area contributed by atoms with Crippen molar-refractivity contribution in [3.63, 3.8) is 0 Å². The summed E-state index contributed by atoms with van der Waals surface area (Å²) < 4.78 is 11.7. The van der Waals surface area contributed by atoms with Gasteiger partial charge in [-0.3, -0.25) is 4.79 Å². The normalized spacial score (nSPS) is 10.9. The van der Waals surface area contributed by atoms with E-state index in [4.69, 9.17) is 9.47 Å². The Labute approximate surface area is 175 Å². The zero-order valence-electron chi connectivity index (χ0n) is 17.8. The monoisotopic (exact) mass is 410 g/mol. The van der Waals surface area contributed by atoms with Crippen molar-refractivity contribution in [2.24, 2.45) is 13.0 Å². The van der Waals surface area contributed by atoms with E-state index in [1.807, 2.05) is 6.07 Å². The molecule has 0 saturated carbocycles. The van der Waals surface area contributed by atoms with Crippen LogP contribution in [0.5, 0.6) is 5.75 Å². The second-order valence-electron chi connectivity index (χ2n) is 7.33. The number of methoxy groups -OCH3 is 2. The van der Waals surface area contributed by atoms with Gasteiger partial charge in [-0.1, -0.05) is 13.8 Å². The minimum absolute atomic E-state index is 0.225. The molecule has 2 heterocycles. The van der Waals surface area contributed by atoms with Crippen molar-refractivity contribution in [1.82, 2.24) is 9.55 Å². The first-order chi connectivity index (χ1) is 14.3. The van der Waals surface area contributed by atoms with Gasteiger partial charge in [0.2, 0.25) is 0 Å². The molecule has 0 atom stereocenters. The lowest BCUT2D eigenvalue weighted by atomic mass is 10.2. The molecule has 158 valence electrons. The molecular formula is C22H26N4O4. The summed E-state index contributed by atoms with van der Waals surface area (Å²) in [6.07, 6.45) is 1.71. The SMILES string of the molecule is COC(=O)c1c(NC(=O)c2ccc(OC)cc2)c2cc(NCC(C)C)cnc2n1C. The standard InChI is InChI=1S/C22H26N4O4/c1-13(2)11-23-15-10-17-18(19(22(28)30-5)26(3)20(17)24-12-15)25-21(27)14-6-8-16(29-4)9-7-14/h6-10,12-13,23H,11H2,1-5H3,(H,25,27). The predicted octanol–water partition coefficient (Wildman–Crippen LogP) is 3.69. The Morgan fingerprint density at radius 3 is 2.47 bits per heavy atom. The van der Waals surface area contributed by atoms with Crippen LogP contribution in [-0.4, -0.2) is 42.2 Å². The maximum atomic E-state index is 12.9. The molecule has 2 N–H and O–H groups in total. The van der Waals surface area contributed by atoms with E-state index in [9.17, 15) is 9.59 Å². The summed E-state index contributed by atoms with van der Waals surface area (Å²) in [6, 6.07) is 8.60. The van der Waals surface area contributed by atoms with Gasteiger partial charge in [-0.25, -0.2) is 9.78 Å². The molecule has 8 heteroatoms. The summed E-state index contributed by atoms with van der Waals surface area (Å²) in [7, 11) is 4.58. The summed E-state index contributed by atoms with van der Waals surface area (Å²) in [4.78, 5) is 29.8. The summed E-state index contributed by atoms with van der Waals surface area (Å²) in [5.74, 6) is 0.196. The molecule has 1 aromatic carbocycles. The van der Waals surface area contributed by atoms with Crippen LogP contribution in [0.1, 0.15) is 34.7 Å². The van der Waals surface area contributed by atoms with Gasteiger partial charge in [-0.05, 0) is 36.2 Å². The fraction of sp³-hybridized carbons (Fsp3) is 0.318. The van der Waals surface area contributed by atoms with E-state index in [2.05, 4.69) is 29.5 Å². The first kappa shape index (κ1) is 21.2. The molecule has 0 unspecified atom stereocenters. The van der Waals surface area contributed by atoms with Crippen LogP contribution < -0.4 is 15.4 Å². The number of aromatic nitrogens is 2. The van der Waals surface area contributed by atoms with Gasteiger partial charge in [0, 0.05) is 24.5 Å². The number of nitrogens with one attached hydrogen (secondary N) is 2. The Kier molecular flexibility index (Phi) is 6.25. The lowest BCUT2D eigenvalue weighted by Crippen LogP contribution is -2.16. The number of hydrogen-bond acceptors (Lipinski definition) is 6. The number of carbonyl (C=O) groups is 2. The molecular weight excluding hydrogens is 384 g/mol. The van der Waals surface area contributed by atoms with Crippen LogP contribution in [0.15, 0.2) is 36.5 Å². The predicted molar refractivity (Wildman–Crippen MR) is 116 cm³/mol. The van der Waals surface area contributed by atoms with E-state index in [0.29, 0.717) is 34.0 Å². The van der Waals surface area contributed by atoms with Crippen LogP contribution in [0.2, 0.25) is 0 Å². The summed E-state index contributed by atoms with van der Waals surface area (Å²) >= 11 is 0. The molecule has 30 heavy (non-hydrogen) atoms. The van der Waals surface area contributed by atoms with Crippen LogP contribution in [0.4, 0.5) is 11.4 Å². The minimum Gasteiger partial charge on any atom is -0.497 e. The topological polar surface area (TPSA) is 94.5 Å². The van der Waals surface area contributed by atoms with E-state index in [0.717, 1.165) is 12.2 Å². The highest BCUT2D eigenvalue weighted by atomic mass is 16.5. The fourth-order valence-electron chi connectivity index (χ4n) is 3.12. The summed E-state index contributed by atoms with van der Waals surface area (Å²) in [5.41, 5.74) is 2.39. The van der Waals surface area contributed by atoms with Crippen molar-refractivity contribution >= 4 is 34.3 Å². The molecule has 0 bridgehead atoms. The van der Waals surface area contributed by atoms with Gasteiger partial charge < -0.3 is 24.7 Å². The smallest absolute Gasteiger partial charge is 0.356 e. The second kappa shape index (κ2) is 8.86. The first-order valence-corrected chi connectivity index (χ1v) is 9.61. The number of aryl methyl sites for hydroxylation is 1. The number of hydrogen-bond donors (Lipinski definition) is 2. The molecule has 3 aromatic rings. The summed E-state index contributed by atoms with van der Waals surface area (Å²) in [5, 5.41) is 6.83. The highest BCUT2D eigenvalue weighted by Crippen LogP contribution is 2.32. The van der Waals surface area contributed by atoms with Gasteiger partial charge in [-0.15, -0.1) is 0 Å². The van der Waals surface area contributed by atoms with Crippen molar-refractivity contribution in [1.29, 1.82) is 0 Å². The van der Waals surface area contributed by atoms with Crippen molar-refractivity contribution in [3.8, 4) is 5.75 Å². The highest BCUT2D eigenvalue weighted by Gasteiger charge is 2.25. The van der Waals surface area contributed by atoms with Crippen LogP contribution >= 0.6 is 0 Å². The van der Waals surface area contributed by atoms with Gasteiger partial charge in [0.25, 0.3) is 5.91 Å². The van der Waals surface area contributed by atoms with E-state index in [1.54, 1.807) is 49.2 Å². The fourth-order valence-corrected chi connectivity index (χ4v) is 3.12. The van der Waals surface area contributed by atoms with Crippen LogP contribution in [0, 0.1) is 5.92 Å². The number of benzene rings is 1. The molecule has 0 aliphatic carbocycles. The first-order valence-electron chi connectivity index (χ1n) is 9.61. The van der Waals surface area contributed by atoms with Crippen molar-refractivity contribution in [3.05, 3.63) is 47.8 Å². The zero-order chi connectivity index (χ0) is 21.8. The number of fused-ring (bicyclic) bond motifs is 1. The van der Waals surface area contributed by atoms with Gasteiger partial charge in [-0.2, -0.15) is 0 Å². The molecule has 0 radical (unpaired) electrons. The maximum absolute atomic E-state index is 12.9. The molecule has 3 rings (SSSR count). The van der Waals surface area contributed by atoms with E-state index >= 15 is 0 Å². The Morgan fingerprint density at radius 2 is 1.87 bits per heavy atom.